The zero-order valence-corrected chi connectivity index (χ0v) is 13.7. The third-order valence-corrected chi connectivity index (χ3v) is 4.89. The van der Waals surface area contributed by atoms with Crippen LogP contribution in [0, 0.1) is 13.8 Å². The third kappa shape index (κ3) is 3.00. The molecule has 0 aliphatic heterocycles. The van der Waals surface area contributed by atoms with Crippen molar-refractivity contribution >= 4 is 39.4 Å². The third-order valence-electron chi connectivity index (χ3n) is 3.04. The number of hydrogen-bond acceptors (Lipinski definition) is 6. The number of carbonyl (C=O) groups is 1. The highest BCUT2D eigenvalue weighted by atomic mass is 32.1. The van der Waals surface area contributed by atoms with Crippen LogP contribution in [0.25, 0.3) is 10.6 Å². The Morgan fingerprint density at radius 2 is 2.09 bits per heavy atom. The quantitative estimate of drug-likeness (QED) is 0.764. The van der Waals surface area contributed by atoms with E-state index in [-0.39, 0.29) is 0 Å². The van der Waals surface area contributed by atoms with Crippen LogP contribution in [0.15, 0.2) is 29.6 Å². The van der Waals surface area contributed by atoms with Crippen molar-refractivity contribution in [3.63, 3.8) is 0 Å². The van der Waals surface area contributed by atoms with E-state index in [0.717, 1.165) is 32.1 Å². The molecule has 0 radical (unpaired) electrons. The molecule has 3 aromatic rings. The molecule has 0 spiro atoms. The Hall–Kier alpha value is -2.25. The summed E-state index contributed by atoms with van der Waals surface area (Å²) in [5, 5.41) is 7.00. The number of nitrogens with one attached hydrogen (secondary N) is 1. The van der Waals surface area contributed by atoms with Crippen LogP contribution in [0.4, 0.5) is 10.8 Å². The smallest absolute Gasteiger partial charge is 0.248 e. The van der Waals surface area contributed by atoms with Crippen LogP contribution in [-0.2, 0) is 0 Å². The molecule has 0 aliphatic carbocycles. The molecule has 1 amide bonds. The molecule has 2 heterocycles. The van der Waals surface area contributed by atoms with Gasteiger partial charge in [-0.25, -0.2) is 9.97 Å². The molecule has 0 saturated carbocycles. The summed E-state index contributed by atoms with van der Waals surface area (Å²) in [6.45, 7) is 3.98. The number of primary amides is 1. The van der Waals surface area contributed by atoms with Gasteiger partial charge in [0.2, 0.25) is 5.91 Å². The normalized spacial score (nSPS) is 10.6. The van der Waals surface area contributed by atoms with E-state index in [9.17, 15) is 4.79 Å². The zero-order chi connectivity index (χ0) is 15.7. The van der Waals surface area contributed by atoms with Gasteiger partial charge < -0.3 is 11.1 Å². The molecule has 0 fully saturated rings. The molecule has 5 nitrogen and oxygen atoms in total. The molecule has 7 heteroatoms. The van der Waals surface area contributed by atoms with E-state index < -0.39 is 5.91 Å². The van der Waals surface area contributed by atoms with Crippen LogP contribution in [-0.4, -0.2) is 15.9 Å². The lowest BCUT2D eigenvalue weighted by Gasteiger charge is -2.03. The van der Waals surface area contributed by atoms with Crippen molar-refractivity contribution in [3.05, 3.63) is 45.9 Å². The van der Waals surface area contributed by atoms with Gasteiger partial charge in [0.15, 0.2) is 5.13 Å². The fraction of sp³-hybridized carbons (Fsp3) is 0.133. The van der Waals surface area contributed by atoms with Crippen LogP contribution >= 0.6 is 22.7 Å². The maximum Gasteiger partial charge on any atom is 0.248 e. The van der Waals surface area contributed by atoms with Gasteiger partial charge in [-0.15, -0.1) is 22.7 Å². The van der Waals surface area contributed by atoms with Crippen LogP contribution in [0.3, 0.4) is 0 Å². The topological polar surface area (TPSA) is 80.9 Å². The Bertz CT molecular complexity index is 838. The van der Waals surface area contributed by atoms with Crippen molar-refractivity contribution in [2.45, 2.75) is 13.8 Å². The first kappa shape index (κ1) is 14.7. The number of nitrogens with two attached hydrogens (primary N) is 1. The maximum absolute atomic E-state index is 11.2. The molecule has 3 N–H and O–H groups in total. The highest BCUT2D eigenvalue weighted by Gasteiger charge is 2.11. The predicted molar refractivity (Wildman–Crippen MR) is 90.9 cm³/mol. The predicted octanol–water partition coefficient (Wildman–Crippen LogP) is 3.73. The second-order valence-electron chi connectivity index (χ2n) is 4.76. The fourth-order valence-corrected chi connectivity index (χ4v) is 3.75. The van der Waals surface area contributed by atoms with E-state index in [1.54, 1.807) is 29.5 Å². The zero-order valence-electron chi connectivity index (χ0n) is 12.1. The molecular formula is C15H14N4OS2. The van der Waals surface area contributed by atoms with E-state index in [0.29, 0.717) is 5.56 Å². The van der Waals surface area contributed by atoms with Gasteiger partial charge in [-0.1, -0.05) is 6.07 Å². The average molecular weight is 330 g/mol. The van der Waals surface area contributed by atoms with Gasteiger partial charge in [0.05, 0.1) is 21.3 Å². The summed E-state index contributed by atoms with van der Waals surface area (Å²) in [5.74, 6) is -0.445. The first-order valence-corrected chi connectivity index (χ1v) is 8.29. The summed E-state index contributed by atoms with van der Waals surface area (Å²) in [5.41, 5.74) is 8.46. The van der Waals surface area contributed by atoms with E-state index in [1.807, 2.05) is 25.3 Å². The van der Waals surface area contributed by atoms with Gasteiger partial charge >= 0.3 is 0 Å². The minimum absolute atomic E-state index is 0.445. The minimum atomic E-state index is -0.445. The number of thiazole rings is 2. The lowest BCUT2D eigenvalue weighted by Crippen LogP contribution is -2.10. The molecule has 112 valence electrons. The largest absolute Gasteiger partial charge is 0.366 e. The van der Waals surface area contributed by atoms with Gasteiger partial charge in [-0.05, 0) is 32.0 Å². The highest BCUT2D eigenvalue weighted by molar-refractivity contribution is 7.16. The molecule has 0 unspecified atom stereocenters. The number of aromatic nitrogens is 2. The lowest BCUT2D eigenvalue weighted by atomic mass is 10.2. The average Bonchev–Trinajstić information content (AvgIpc) is 3.05. The number of carbonyl (C=O) groups excluding carboxylic acids is 1. The van der Waals surface area contributed by atoms with Crippen molar-refractivity contribution in [1.29, 1.82) is 0 Å². The number of nitrogens with zero attached hydrogens (tertiary/aromatic N) is 2. The molecule has 0 atom stereocenters. The number of hydrogen-bond donors (Lipinski definition) is 2. The van der Waals surface area contributed by atoms with E-state index in [4.69, 9.17) is 5.73 Å². The van der Waals surface area contributed by atoms with Crippen LogP contribution in [0.2, 0.25) is 0 Å². The van der Waals surface area contributed by atoms with Crippen molar-refractivity contribution in [1.82, 2.24) is 9.97 Å². The Kier molecular flexibility index (Phi) is 3.91. The second-order valence-corrected chi connectivity index (χ2v) is 6.82. The number of rotatable bonds is 4. The van der Waals surface area contributed by atoms with Crippen LogP contribution < -0.4 is 11.1 Å². The molecular weight excluding hydrogens is 316 g/mol. The van der Waals surface area contributed by atoms with Gasteiger partial charge in [0.25, 0.3) is 0 Å². The molecule has 0 bridgehead atoms. The number of amides is 1. The number of anilines is 2. The monoisotopic (exact) mass is 330 g/mol. The van der Waals surface area contributed by atoms with Gasteiger partial charge in [0.1, 0.15) is 0 Å². The maximum atomic E-state index is 11.2. The minimum Gasteiger partial charge on any atom is -0.366 e. The number of benzene rings is 1. The molecule has 22 heavy (non-hydrogen) atoms. The summed E-state index contributed by atoms with van der Waals surface area (Å²) in [6, 6.07) is 7.05. The van der Waals surface area contributed by atoms with Gasteiger partial charge in [-0.3, -0.25) is 4.79 Å². The van der Waals surface area contributed by atoms with E-state index in [2.05, 4.69) is 15.3 Å². The summed E-state index contributed by atoms with van der Waals surface area (Å²) >= 11 is 3.15. The van der Waals surface area contributed by atoms with E-state index in [1.165, 1.54) is 11.3 Å². The Morgan fingerprint density at radius 3 is 2.77 bits per heavy atom. The number of aryl methyl sites for hydroxylation is 2. The summed E-state index contributed by atoms with van der Waals surface area (Å²) < 4.78 is 0. The molecule has 0 aliphatic rings. The van der Waals surface area contributed by atoms with Crippen molar-refractivity contribution in [2.75, 3.05) is 5.32 Å². The Morgan fingerprint density at radius 1 is 1.27 bits per heavy atom. The summed E-state index contributed by atoms with van der Waals surface area (Å²) in [6.07, 6.45) is 0. The van der Waals surface area contributed by atoms with Gasteiger partial charge in [0, 0.05) is 16.6 Å². The van der Waals surface area contributed by atoms with E-state index >= 15 is 0 Å². The molecule has 0 saturated heterocycles. The van der Waals surface area contributed by atoms with Gasteiger partial charge in [-0.2, -0.15) is 0 Å². The first-order chi connectivity index (χ1) is 10.5. The van der Waals surface area contributed by atoms with Crippen molar-refractivity contribution in [3.8, 4) is 10.6 Å². The first-order valence-electron chi connectivity index (χ1n) is 6.60. The van der Waals surface area contributed by atoms with Crippen molar-refractivity contribution < 1.29 is 4.79 Å². The van der Waals surface area contributed by atoms with Crippen molar-refractivity contribution in [2.24, 2.45) is 5.73 Å². The summed E-state index contributed by atoms with van der Waals surface area (Å²) in [4.78, 5) is 21.3. The van der Waals surface area contributed by atoms with Crippen LogP contribution in [0.5, 0.6) is 0 Å². The summed E-state index contributed by atoms with van der Waals surface area (Å²) in [7, 11) is 0. The fourth-order valence-electron chi connectivity index (χ4n) is 2.08. The Labute approximate surface area is 135 Å². The lowest BCUT2D eigenvalue weighted by molar-refractivity contribution is 0.100. The molecule has 2 aromatic heterocycles. The SMILES string of the molecule is Cc1nc(C)c(-c2csc(Nc3cccc(C(N)=O)c3)n2)s1. The second kappa shape index (κ2) is 5.86. The molecule has 3 rings (SSSR count). The van der Waals surface area contributed by atoms with Crippen LogP contribution in [0.1, 0.15) is 21.1 Å². The Balaban J connectivity index is 1.84. The molecule has 1 aromatic carbocycles. The highest BCUT2D eigenvalue weighted by Crippen LogP contribution is 2.33. The standard InChI is InChI=1S/C15H14N4OS2/c1-8-13(22-9(2)17-8)12-7-21-15(19-12)18-11-5-3-4-10(6-11)14(16)20/h3-7H,1-2H3,(H2,16,20)(H,18,19).